The average Bonchev–Trinajstić information content (AvgIpc) is 3.04. The molecular weight excluding hydrogens is 335 g/mol. The molecule has 0 saturated heterocycles. The second-order valence-corrected chi connectivity index (χ2v) is 6.04. The van der Waals surface area contributed by atoms with E-state index in [0.717, 1.165) is 5.56 Å². The number of aromatic nitrogens is 4. The van der Waals surface area contributed by atoms with Crippen LogP contribution in [-0.2, 0) is 0 Å². The van der Waals surface area contributed by atoms with Gasteiger partial charge in [0.25, 0.3) is 5.56 Å². The summed E-state index contributed by atoms with van der Waals surface area (Å²) in [5.41, 5.74) is 0.935. The van der Waals surface area contributed by atoms with Crippen LogP contribution in [0.25, 0.3) is 22.0 Å². The third-order valence-corrected chi connectivity index (χ3v) is 4.50. The van der Waals surface area contributed by atoms with Crippen molar-refractivity contribution in [3.8, 4) is 11.1 Å². The fourth-order valence-electron chi connectivity index (χ4n) is 3.08. The number of H-pyrrole nitrogens is 2. The molecule has 4 rings (SSSR count). The number of halogens is 1. The topological polar surface area (TPSA) is 83.5 Å². The predicted molar refractivity (Wildman–Crippen MR) is 96.6 cm³/mol. The van der Waals surface area contributed by atoms with Crippen LogP contribution in [-0.4, -0.2) is 19.7 Å². The van der Waals surface area contributed by atoms with Gasteiger partial charge in [0, 0.05) is 11.8 Å². The smallest absolute Gasteiger partial charge is 0.293 e. The summed E-state index contributed by atoms with van der Waals surface area (Å²) in [4.78, 5) is 27.1. The van der Waals surface area contributed by atoms with E-state index in [1.807, 2.05) is 37.3 Å². The Morgan fingerprint density at radius 2 is 1.81 bits per heavy atom. The highest BCUT2D eigenvalue weighted by atomic mass is 19.1. The lowest BCUT2D eigenvalue weighted by molar-refractivity contribution is 0.588. The minimum absolute atomic E-state index is 0.254. The molecule has 2 aromatic carbocycles. The number of fused-ring (bicyclic) bond motifs is 1. The van der Waals surface area contributed by atoms with Gasteiger partial charge in [-0.1, -0.05) is 42.5 Å². The Morgan fingerprint density at radius 3 is 2.58 bits per heavy atom. The van der Waals surface area contributed by atoms with E-state index in [4.69, 9.17) is 0 Å². The second-order valence-electron chi connectivity index (χ2n) is 6.04. The number of rotatable bonds is 3. The van der Waals surface area contributed by atoms with Crippen molar-refractivity contribution in [3.63, 3.8) is 0 Å². The molecular formula is C19H15FN4O2. The Kier molecular flexibility index (Phi) is 3.76. The van der Waals surface area contributed by atoms with Crippen molar-refractivity contribution in [2.45, 2.75) is 13.0 Å². The Labute approximate surface area is 146 Å². The zero-order valence-corrected chi connectivity index (χ0v) is 13.9. The third-order valence-electron chi connectivity index (χ3n) is 4.50. The summed E-state index contributed by atoms with van der Waals surface area (Å²) in [6.45, 7) is 1.87. The highest BCUT2D eigenvalue weighted by Crippen LogP contribution is 2.26. The Hall–Kier alpha value is -3.48. The standard InChI is InChI=1S/C19H15FN4O2/c1-11(12-6-3-2-4-7-12)24-10-15(18(25)21-19(24)26)13-8-5-9-14-16(13)22-23-17(14)20/h2-11H,1H3,(H,22,23)(H,21,25,26). The van der Waals surface area contributed by atoms with Gasteiger partial charge in [-0.15, -0.1) is 0 Å². The lowest BCUT2D eigenvalue weighted by atomic mass is 10.0. The molecule has 6 nitrogen and oxygen atoms in total. The molecule has 1 atom stereocenters. The van der Waals surface area contributed by atoms with Crippen molar-refractivity contribution in [2.75, 3.05) is 0 Å². The van der Waals surface area contributed by atoms with E-state index < -0.39 is 17.2 Å². The fraction of sp³-hybridized carbons (Fsp3) is 0.105. The van der Waals surface area contributed by atoms with Gasteiger partial charge in [-0.2, -0.15) is 9.49 Å². The van der Waals surface area contributed by atoms with E-state index in [1.54, 1.807) is 18.2 Å². The van der Waals surface area contributed by atoms with Gasteiger partial charge >= 0.3 is 5.69 Å². The molecule has 0 bridgehead atoms. The quantitative estimate of drug-likeness (QED) is 0.596. The summed E-state index contributed by atoms with van der Waals surface area (Å²) < 4.78 is 15.2. The van der Waals surface area contributed by atoms with E-state index in [2.05, 4.69) is 15.2 Å². The first-order valence-electron chi connectivity index (χ1n) is 8.09. The maximum Gasteiger partial charge on any atom is 0.328 e. The summed E-state index contributed by atoms with van der Waals surface area (Å²) in [6.07, 6.45) is 1.50. The van der Waals surface area contributed by atoms with Crippen LogP contribution < -0.4 is 11.2 Å². The molecule has 0 aliphatic heterocycles. The molecule has 2 N–H and O–H groups in total. The maximum absolute atomic E-state index is 13.8. The molecule has 0 amide bonds. The van der Waals surface area contributed by atoms with Crippen LogP contribution >= 0.6 is 0 Å². The molecule has 130 valence electrons. The van der Waals surface area contributed by atoms with E-state index in [-0.39, 0.29) is 17.0 Å². The molecule has 0 saturated carbocycles. The lowest BCUT2D eigenvalue weighted by Crippen LogP contribution is -2.32. The van der Waals surface area contributed by atoms with Crippen LogP contribution in [0.2, 0.25) is 0 Å². The first kappa shape index (κ1) is 16.0. The average molecular weight is 350 g/mol. The third kappa shape index (κ3) is 2.54. The number of hydrogen-bond donors (Lipinski definition) is 2. The monoisotopic (exact) mass is 350 g/mol. The number of hydrogen-bond acceptors (Lipinski definition) is 3. The molecule has 0 spiro atoms. The first-order valence-corrected chi connectivity index (χ1v) is 8.09. The summed E-state index contributed by atoms with van der Waals surface area (Å²) in [6, 6.07) is 14.1. The molecule has 26 heavy (non-hydrogen) atoms. The summed E-state index contributed by atoms with van der Waals surface area (Å²) in [7, 11) is 0. The lowest BCUT2D eigenvalue weighted by Gasteiger charge is -2.16. The minimum Gasteiger partial charge on any atom is -0.293 e. The molecule has 0 aliphatic rings. The van der Waals surface area contributed by atoms with Crippen LogP contribution in [0.4, 0.5) is 4.39 Å². The number of para-hydroxylation sites is 1. The van der Waals surface area contributed by atoms with Gasteiger partial charge in [-0.25, -0.2) is 4.79 Å². The first-order chi connectivity index (χ1) is 12.6. The Bertz CT molecular complexity index is 1210. The van der Waals surface area contributed by atoms with Crippen LogP contribution in [0, 0.1) is 5.95 Å². The van der Waals surface area contributed by atoms with Gasteiger partial charge in [-0.3, -0.25) is 19.4 Å². The predicted octanol–water partition coefficient (Wildman–Crippen LogP) is 2.83. The van der Waals surface area contributed by atoms with Gasteiger partial charge in [0.15, 0.2) is 0 Å². The van der Waals surface area contributed by atoms with Crippen LogP contribution in [0.15, 0.2) is 64.3 Å². The van der Waals surface area contributed by atoms with Crippen molar-refractivity contribution >= 4 is 10.9 Å². The number of nitrogens with zero attached hydrogens (tertiary/aromatic N) is 2. The summed E-state index contributed by atoms with van der Waals surface area (Å²) in [5.74, 6) is -0.566. The van der Waals surface area contributed by atoms with Gasteiger partial charge < -0.3 is 0 Å². The van der Waals surface area contributed by atoms with Crippen LogP contribution in [0.1, 0.15) is 18.5 Å². The SMILES string of the molecule is CC(c1ccccc1)n1cc(-c2cccc3c(F)[nH]nc23)c(=O)[nH]c1=O. The molecule has 4 aromatic rings. The zero-order chi connectivity index (χ0) is 18.3. The van der Waals surface area contributed by atoms with Crippen LogP contribution in [0.5, 0.6) is 0 Å². The number of aromatic amines is 2. The largest absolute Gasteiger partial charge is 0.328 e. The van der Waals surface area contributed by atoms with E-state index in [1.165, 1.54) is 10.8 Å². The van der Waals surface area contributed by atoms with Crippen molar-refractivity contribution < 1.29 is 4.39 Å². The summed E-state index contributed by atoms with van der Waals surface area (Å²) >= 11 is 0. The van der Waals surface area contributed by atoms with E-state index in [9.17, 15) is 14.0 Å². The molecule has 1 unspecified atom stereocenters. The second kappa shape index (κ2) is 6.11. The number of nitrogens with one attached hydrogen (secondary N) is 2. The van der Waals surface area contributed by atoms with Gasteiger partial charge in [0.1, 0.15) is 5.52 Å². The van der Waals surface area contributed by atoms with Gasteiger partial charge in [-0.05, 0) is 18.6 Å². The van der Waals surface area contributed by atoms with Crippen LogP contribution in [0.3, 0.4) is 0 Å². The molecule has 0 aliphatic carbocycles. The molecule has 2 aromatic heterocycles. The van der Waals surface area contributed by atoms with E-state index in [0.29, 0.717) is 11.1 Å². The molecule has 0 fully saturated rings. The van der Waals surface area contributed by atoms with Crippen molar-refractivity contribution in [2.24, 2.45) is 0 Å². The Balaban J connectivity index is 1.93. The summed E-state index contributed by atoms with van der Waals surface area (Å²) in [5, 5.41) is 6.52. The normalized spacial score (nSPS) is 12.4. The molecule has 2 heterocycles. The Morgan fingerprint density at radius 1 is 1.04 bits per heavy atom. The van der Waals surface area contributed by atoms with Crippen molar-refractivity contribution in [1.82, 2.24) is 19.7 Å². The molecule has 7 heteroatoms. The van der Waals surface area contributed by atoms with Gasteiger partial charge in [0.05, 0.1) is 17.0 Å². The maximum atomic E-state index is 13.8. The fourth-order valence-corrected chi connectivity index (χ4v) is 3.08. The zero-order valence-electron chi connectivity index (χ0n) is 13.9. The van der Waals surface area contributed by atoms with Gasteiger partial charge in [0.2, 0.25) is 5.95 Å². The van der Waals surface area contributed by atoms with Crippen molar-refractivity contribution in [3.05, 3.63) is 87.1 Å². The molecule has 0 radical (unpaired) electrons. The number of benzene rings is 2. The van der Waals surface area contributed by atoms with Crippen molar-refractivity contribution in [1.29, 1.82) is 0 Å². The highest BCUT2D eigenvalue weighted by molar-refractivity contribution is 5.93. The minimum atomic E-state index is -0.566. The highest BCUT2D eigenvalue weighted by Gasteiger charge is 2.17. The van der Waals surface area contributed by atoms with E-state index >= 15 is 0 Å².